The van der Waals surface area contributed by atoms with Crippen LogP contribution in [0.15, 0.2) is 59.3 Å². The molecule has 0 spiro atoms. The van der Waals surface area contributed by atoms with Gasteiger partial charge in [-0.1, -0.05) is 11.6 Å². The first-order chi connectivity index (χ1) is 12.8. The molecular formula is C20H18ClN3O3. The van der Waals surface area contributed by atoms with Gasteiger partial charge in [0.25, 0.3) is 0 Å². The third-order valence-electron chi connectivity index (χ3n) is 3.89. The van der Waals surface area contributed by atoms with Crippen LogP contribution in [0, 0.1) is 0 Å². The molecule has 0 N–H and O–H groups in total. The van der Waals surface area contributed by atoms with Crippen LogP contribution in [-0.4, -0.2) is 26.0 Å². The van der Waals surface area contributed by atoms with E-state index in [1.165, 1.54) is 4.57 Å². The fraction of sp³-hybridized carbons (Fsp3) is 0.200. The average molecular weight is 384 g/mol. The molecule has 4 rings (SSSR count). The number of halogens is 1. The minimum absolute atomic E-state index is 0.449. The number of nitrogens with zero attached hydrogens (tertiary/aromatic N) is 3. The van der Waals surface area contributed by atoms with E-state index in [1.807, 2.05) is 51.1 Å². The molecule has 138 valence electrons. The number of fused-ring (bicyclic) bond motifs is 1. The standard InChI is InChI=1S/C20H18ClN3O3/c1-20(2,3)27-19(25)23-9-4-5-16(23)15-8-10-24(22-15)18-11-13-6-7-14(21)12-17(13)26-18/h4-12H,1-3H3. The Bertz CT molecular complexity index is 1130. The van der Waals surface area contributed by atoms with Crippen LogP contribution in [0.25, 0.3) is 28.2 Å². The molecule has 1 aromatic carbocycles. The smallest absolute Gasteiger partial charge is 0.419 e. The summed E-state index contributed by atoms with van der Waals surface area (Å²) in [6, 6.07) is 12.8. The van der Waals surface area contributed by atoms with E-state index in [2.05, 4.69) is 5.10 Å². The second-order valence-electron chi connectivity index (χ2n) is 7.16. The van der Waals surface area contributed by atoms with E-state index in [1.54, 1.807) is 29.2 Å². The van der Waals surface area contributed by atoms with Gasteiger partial charge in [-0.2, -0.15) is 5.10 Å². The van der Waals surface area contributed by atoms with E-state index in [0.717, 1.165) is 5.39 Å². The highest BCUT2D eigenvalue weighted by molar-refractivity contribution is 6.31. The van der Waals surface area contributed by atoms with Gasteiger partial charge in [0, 0.05) is 34.9 Å². The molecule has 4 aromatic rings. The van der Waals surface area contributed by atoms with Gasteiger partial charge < -0.3 is 9.15 Å². The third kappa shape index (κ3) is 3.48. The minimum atomic E-state index is -0.576. The van der Waals surface area contributed by atoms with Crippen LogP contribution < -0.4 is 0 Å². The number of ether oxygens (including phenoxy) is 1. The SMILES string of the molecule is CC(C)(C)OC(=O)n1cccc1-c1ccn(-c2cc3ccc(Cl)cc3o2)n1. The number of benzene rings is 1. The van der Waals surface area contributed by atoms with Crippen LogP contribution >= 0.6 is 11.6 Å². The van der Waals surface area contributed by atoms with Gasteiger partial charge >= 0.3 is 6.09 Å². The molecule has 0 atom stereocenters. The predicted octanol–water partition coefficient (Wildman–Crippen LogP) is 5.52. The van der Waals surface area contributed by atoms with Crippen LogP contribution in [-0.2, 0) is 4.74 Å². The molecule has 6 nitrogen and oxygen atoms in total. The zero-order valence-electron chi connectivity index (χ0n) is 15.1. The first kappa shape index (κ1) is 17.4. The summed E-state index contributed by atoms with van der Waals surface area (Å²) >= 11 is 6.01. The Morgan fingerprint density at radius 2 is 1.96 bits per heavy atom. The van der Waals surface area contributed by atoms with E-state index in [-0.39, 0.29) is 0 Å². The number of aromatic nitrogens is 3. The second kappa shape index (κ2) is 6.32. The zero-order valence-corrected chi connectivity index (χ0v) is 15.9. The number of furan rings is 1. The van der Waals surface area contributed by atoms with Gasteiger partial charge in [-0.15, -0.1) is 0 Å². The van der Waals surface area contributed by atoms with Crippen molar-refractivity contribution in [3.63, 3.8) is 0 Å². The Labute approximate surface area is 160 Å². The molecule has 0 radical (unpaired) electrons. The van der Waals surface area contributed by atoms with Crippen LogP contribution in [0.4, 0.5) is 4.79 Å². The summed E-state index contributed by atoms with van der Waals surface area (Å²) in [6.45, 7) is 5.49. The molecular weight excluding hydrogens is 366 g/mol. The van der Waals surface area contributed by atoms with E-state index < -0.39 is 11.7 Å². The van der Waals surface area contributed by atoms with Crippen LogP contribution in [0.1, 0.15) is 20.8 Å². The van der Waals surface area contributed by atoms with Crippen LogP contribution in [0.5, 0.6) is 0 Å². The topological polar surface area (TPSA) is 62.2 Å². The molecule has 27 heavy (non-hydrogen) atoms. The molecule has 7 heteroatoms. The molecule has 3 aromatic heterocycles. The lowest BCUT2D eigenvalue weighted by atomic mass is 10.2. The average Bonchev–Trinajstić information content (AvgIpc) is 3.30. The van der Waals surface area contributed by atoms with Crippen LogP contribution in [0.2, 0.25) is 5.02 Å². The maximum atomic E-state index is 12.4. The van der Waals surface area contributed by atoms with Crippen molar-refractivity contribution in [3.8, 4) is 17.3 Å². The van der Waals surface area contributed by atoms with E-state index in [9.17, 15) is 4.79 Å². The van der Waals surface area contributed by atoms with Crippen LogP contribution in [0.3, 0.4) is 0 Å². The molecule has 0 aliphatic rings. The Morgan fingerprint density at radius 3 is 2.74 bits per heavy atom. The maximum absolute atomic E-state index is 12.4. The highest BCUT2D eigenvalue weighted by Crippen LogP contribution is 2.26. The molecule has 0 fully saturated rings. The molecule has 0 saturated heterocycles. The monoisotopic (exact) mass is 383 g/mol. The van der Waals surface area contributed by atoms with Gasteiger partial charge in [0.15, 0.2) is 0 Å². The first-order valence-corrected chi connectivity index (χ1v) is 8.84. The molecule has 0 aliphatic heterocycles. The highest BCUT2D eigenvalue weighted by atomic mass is 35.5. The maximum Gasteiger partial charge on any atom is 0.419 e. The Hall–Kier alpha value is -2.99. The van der Waals surface area contributed by atoms with E-state index >= 15 is 0 Å². The zero-order chi connectivity index (χ0) is 19.2. The Kier molecular flexibility index (Phi) is 4.08. The summed E-state index contributed by atoms with van der Waals surface area (Å²) in [5.74, 6) is 0.564. The largest absolute Gasteiger partial charge is 0.443 e. The lowest BCUT2D eigenvalue weighted by molar-refractivity contribution is 0.0540. The summed E-state index contributed by atoms with van der Waals surface area (Å²) in [7, 11) is 0. The van der Waals surface area contributed by atoms with Gasteiger partial charge in [-0.25, -0.2) is 9.48 Å². The summed E-state index contributed by atoms with van der Waals surface area (Å²) in [6.07, 6.45) is 2.99. The van der Waals surface area contributed by atoms with Crippen molar-refractivity contribution in [1.29, 1.82) is 0 Å². The van der Waals surface area contributed by atoms with Gasteiger partial charge in [-0.3, -0.25) is 4.57 Å². The lowest BCUT2D eigenvalue weighted by Crippen LogP contribution is -2.27. The fourth-order valence-corrected chi connectivity index (χ4v) is 2.91. The first-order valence-electron chi connectivity index (χ1n) is 8.46. The molecule has 0 amide bonds. The quantitative estimate of drug-likeness (QED) is 0.457. The van der Waals surface area contributed by atoms with Crippen molar-refractivity contribution in [2.75, 3.05) is 0 Å². The molecule has 3 heterocycles. The molecule has 0 unspecified atom stereocenters. The van der Waals surface area contributed by atoms with Gasteiger partial charge in [0.2, 0.25) is 5.88 Å². The summed E-state index contributed by atoms with van der Waals surface area (Å²) in [5.41, 5.74) is 1.38. The number of carbonyl (C=O) groups excluding carboxylic acids is 1. The summed E-state index contributed by atoms with van der Waals surface area (Å²) < 4.78 is 14.3. The van der Waals surface area contributed by atoms with Gasteiger partial charge in [0.05, 0.1) is 5.69 Å². The minimum Gasteiger partial charge on any atom is -0.443 e. The predicted molar refractivity (Wildman–Crippen MR) is 103 cm³/mol. The van der Waals surface area contributed by atoms with Crippen molar-refractivity contribution >= 4 is 28.7 Å². The van der Waals surface area contributed by atoms with Crippen molar-refractivity contribution in [3.05, 3.63) is 59.9 Å². The highest BCUT2D eigenvalue weighted by Gasteiger charge is 2.21. The summed E-state index contributed by atoms with van der Waals surface area (Å²) in [5, 5.41) is 6.09. The third-order valence-corrected chi connectivity index (χ3v) is 4.12. The number of carbonyl (C=O) groups is 1. The number of rotatable bonds is 2. The Balaban J connectivity index is 1.67. The fourth-order valence-electron chi connectivity index (χ4n) is 2.75. The summed E-state index contributed by atoms with van der Waals surface area (Å²) in [4.78, 5) is 12.4. The van der Waals surface area contributed by atoms with Crippen molar-refractivity contribution in [2.45, 2.75) is 26.4 Å². The Morgan fingerprint density at radius 1 is 1.15 bits per heavy atom. The van der Waals surface area contributed by atoms with E-state index in [0.29, 0.717) is 27.9 Å². The number of hydrogen-bond donors (Lipinski definition) is 0. The van der Waals surface area contributed by atoms with E-state index in [4.69, 9.17) is 20.8 Å². The van der Waals surface area contributed by atoms with Crippen molar-refractivity contribution < 1.29 is 13.9 Å². The second-order valence-corrected chi connectivity index (χ2v) is 7.59. The number of hydrogen-bond acceptors (Lipinski definition) is 4. The van der Waals surface area contributed by atoms with Crippen molar-refractivity contribution in [1.82, 2.24) is 14.3 Å². The molecule has 0 saturated carbocycles. The normalized spacial score (nSPS) is 11.9. The molecule has 0 aliphatic carbocycles. The van der Waals surface area contributed by atoms with Gasteiger partial charge in [0.1, 0.15) is 16.9 Å². The molecule has 0 bridgehead atoms. The lowest BCUT2D eigenvalue weighted by Gasteiger charge is -2.20. The van der Waals surface area contributed by atoms with Gasteiger partial charge in [-0.05, 0) is 51.1 Å². The van der Waals surface area contributed by atoms with Crippen molar-refractivity contribution in [2.24, 2.45) is 0 Å².